The summed E-state index contributed by atoms with van der Waals surface area (Å²) in [6, 6.07) is 9.02. The summed E-state index contributed by atoms with van der Waals surface area (Å²) in [6.07, 6.45) is 2.80. The molecule has 0 aliphatic carbocycles. The molecule has 1 aliphatic heterocycles. The second kappa shape index (κ2) is 6.89. The Morgan fingerprint density at radius 2 is 2.20 bits per heavy atom. The summed E-state index contributed by atoms with van der Waals surface area (Å²) in [6.45, 7) is 7.31. The van der Waals surface area contributed by atoms with E-state index in [2.05, 4.69) is 55.7 Å². The van der Waals surface area contributed by atoms with Crippen LogP contribution in [0.5, 0.6) is 0 Å². The Kier molecular flexibility index (Phi) is 5.18. The molecule has 0 aromatic heterocycles. The van der Waals surface area contributed by atoms with Gasteiger partial charge in [0.1, 0.15) is 0 Å². The average molecular weight is 274 g/mol. The maximum atomic E-state index is 12.3. The van der Waals surface area contributed by atoms with Crippen molar-refractivity contribution in [1.82, 2.24) is 10.6 Å². The van der Waals surface area contributed by atoms with Crippen LogP contribution in [0.3, 0.4) is 0 Å². The van der Waals surface area contributed by atoms with Gasteiger partial charge in [-0.05, 0) is 57.7 Å². The SMILES string of the molecule is Cc1ccccc1CC(C)NC(=O)C1CCNC(C)C1. The lowest BCUT2D eigenvalue weighted by Crippen LogP contribution is -2.45. The number of benzene rings is 1. The van der Waals surface area contributed by atoms with Gasteiger partial charge in [0.2, 0.25) is 5.91 Å². The van der Waals surface area contributed by atoms with Crippen LogP contribution >= 0.6 is 0 Å². The molecule has 1 aliphatic rings. The number of hydrogen-bond donors (Lipinski definition) is 2. The predicted octanol–water partition coefficient (Wildman–Crippen LogP) is 2.43. The minimum Gasteiger partial charge on any atom is -0.353 e. The topological polar surface area (TPSA) is 41.1 Å². The van der Waals surface area contributed by atoms with Gasteiger partial charge in [0.05, 0.1) is 0 Å². The molecule has 0 saturated carbocycles. The lowest BCUT2D eigenvalue weighted by molar-refractivity contribution is -0.126. The zero-order valence-corrected chi connectivity index (χ0v) is 12.8. The van der Waals surface area contributed by atoms with E-state index >= 15 is 0 Å². The number of carbonyl (C=O) groups is 1. The van der Waals surface area contributed by atoms with E-state index in [1.54, 1.807) is 0 Å². The minimum atomic E-state index is 0.172. The molecule has 0 spiro atoms. The Labute approximate surface area is 122 Å². The van der Waals surface area contributed by atoms with Gasteiger partial charge in [0.25, 0.3) is 0 Å². The van der Waals surface area contributed by atoms with Crippen molar-refractivity contribution in [1.29, 1.82) is 0 Å². The maximum Gasteiger partial charge on any atom is 0.223 e. The Balaban J connectivity index is 1.86. The molecule has 2 N–H and O–H groups in total. The lowest BCUT2D eigenvalue weighted by Gasteiger charge is -2.28. The van der Waals surface area contributed by atoms with Crippen molar-refractivity contribution < 1.29 is 4.79 Å². The molecule has 0 bridgehead atoms. The summed E-state index contributed by atoms with van der Waals surface area (Å²) in [7, 11) is 0. The largest absolute Gasteiger partial charge is 0.353 e. The fourth-order valence-electron chi connectivity index (χ4n) is 2.95. The smallest absolute Gasteiger partial charge is 0.223 e. The normalized spacial score (nSPS) is 24.1. The summed E-state index contributed by atoms with van der Waals surface area (Å²) >= 11 is 0. The van der Waals surface area contributed by atoms with E-state index in [-0.39, 0.29) is 17.9 Å². The number of carbonyl (C=O) groups excluding carboxylic acids is 1. The number of rotatable bonds is 4. The van der Waals surface area contributed by atoms with Crippen molar-refractivity contribution in [3.05, 3.63) is 35.4 Å². The van der Waals surface area contributed by atoms with E-state index in [9.17, 15) is 4.79 Å². The van der Waals surface area contributed by atoms with Crippen molar-refractivity contribution in [2.24, 2.45) is 5.92 Å². The maximum absolute atomic E-state index is 12.3. The molecule has 3 heteroatoms. The molecule has 2 rings (SSSR count). The van der Waals surface area contributed by atoms with Gasteiger partial charge < -0.3 is 10.6 Å². The third-order valence-electron chi connectivity index (χ3n) is 4.17. The van der Waals surface area contributed by atoms with E-state index < -0.39 is 0 Å². The first-order valence-electron chi connectivity index (χ1n) is 7.64. The van der Waals surface area contributed by atoms with Crippen LogP contribution in [0.25, 0.3) is 0 Å². The molecule has 0 radical (unpaired) electrons. The number of nitrogens with one attached hydrogen (secondary N) is 2. The van der Waals surface area contributed by atoms with Crippen LogP contribution in [-0.2, 0) is 11.2 Å². The minimum absolute atomic E-state index is 0.172. The molecule has 1 heterocycles. The molecule has 1 fully saturated rings. The fraction of sp³-hybridized carbons (Fsp3) is 0.588. The first-order chi connectivity index (χ1) is 9.56. The van der Waals surface area contributed by atoms with E-state index in [4.69, 9.17) is 0 Å². The van der Waals surface area contributed by atoms with Gasteiger partial charge in [-0.2, -0.15) is 0 Å². The number of hydrogen-bond acceptors (Lipinski definition) is 2. The molecule has 1 saturated heterocycles. The summed E-state index contributed by atoms with van der Waals surface area (Å²) in [5.41, 5.74) is 2.61. The second-order valence-electron chi connectivity index (χ2n) is 6.12. The highest BCUT2D eigenvalue weighted by atomic mass is 16.1. The third-order valence-corrected chi connectivity index (χ3v) is 4.17. The lowest BCUT2D eigenvalue weighted by atomic mass is 9.92. The van der Waals surface area contributed by atoms with Gasteiger partial charge in [-0.25, -0.2) is 0 Å². The summed E-state index contributed by atoms with van der Waals surface area (Å²) in [5.74, 6) is 0.394. The highest BCUT2D eigenvalue weighted by Crippen LogP contribution is 2.17. The fourth-order valence-corrected chi connectivity index (χ4v) is 2.95. The molecule has 1 amide bonds. The Bertz CT molecular complexity index is 458. The van der Waals surface area contributed by atoms with Crippen LogP contribution < -0.4 is 10.6 Å². The molecule has 3 unspecified atom stereocenters. The van der Waals surface area contributed by atoms with Crippen molar-refractivity contribution in [2.75, 3.05) is 6.54 Å². The van der Waals surface area contributed by atoms with E-state index in [0.717, 1.165) is 25.8 Å². The number of aryl methyl sites for hydroxylation is 1. The zero-order valence-electron chi connectivity index (χ0n) is 12.8. The van der Waals surface area contributed by atoms with Crippen molar-refractivity contribution in [3.63, 3.8) is 0 Å². The molecule has 1 aromatic rings. The van der Waals surface area contributed by atoms with Crippen molar-refractivity contribution in [2.45, 2.75) is 52.1 Å². The highest BCUT2D eigenvalue weighted by Gasteiger charge is 2.25. The van der Waals surface area contributed by atoms with Gasteiger partial charge in [-0.1, -0.05) is 24.3 Å². The summed E-state index contributed by atoms with van der Waals surface area (Å²) in [4.78, 5) is 12.3. The van der Waals surface area contributed by atoms with E-state index in [0.29, 0.717) is 6.04 Å². The molecule has 3 atom stereocenters. The number of amides is 1. The van der Waals surface area contributed by atoms with Gasteiger partial charge in [-0.15, -0.1) is 0 Å². The standard InChI is InChI=1S/C17H26N2O/c1-12-6-4-5-7-15(12)11-14(3)19-17(20)16-8-9-18-13(2)10-16/h4-7,13-14,16,18H,8-11H2,1-3H3,(H,19,20). The van der Waals surface area contributed by atoms with Crippen LogP contribution in [0.15, 0.2) is 24.3 Å². The van der Waals surface area contributed by atoms with Crippen molar-refractivity contribution in [3.8, 4) is 0 Å². The van der Waals surface area contributed by atoms with Gasteiger partial charge in [-0.3, -0.25) is 4.79 Å². The van der Waals surface area contributed by atoms with Gasteiger partial charge in [0.15, 0.2) is 0 Å². The van der Waals surface area contributed by atoms with E-state index in [1.807, 2.05) is 0 Å². The molecular formula is C17H26N2O. The first kappa shape index (κ1) is 15.0. The Morgan fingerprint density at radius 1 is 1.45 bits per heavy atom. The average Bonchev–Trinajstić information content (AvgIpc) is 2.41. The highest BCUT2D eigenvalue weighted by molar-refractivity contribution is 5.79. The Hall–Kier alpha value is -1.35. The third kappa shape index (κ3) is 4.07. The molecule has 3 nitrogen and oxygen atoms in total. The van der Waals surface area contributed by atoms with Gasteiger partial charge >= 0.3 is 0 Å². The quantitative estimate of drug-likeness (QED) is 0.885. The molecule has 1 aromatic carbocycles. The Morgan fingerprint density at radius 3 is 2.90 bits per heavy atom. The molecule has 110 valence electrons. The predicted molar refractivity (Wildman–Crippen MR) is 82.7 cm³/mol. The first-order valence-corrected chi connectivity index (χ1v) is 7.64. The second-order valence-corrected chi connectivity index (χ2v) is 6.12. The summed E-state index contributed by atoms with van der Waals surface area (Å²) in [5, 5.41) is 6.57. The van der Waals surface area contributed by atoms with Crippen LogP contribution in [0, 0.1) is 12.8 Å². The zero-order chi connectivity index (χ0) is 14.5. The van der Waals surface area contributed by atoms with Gasteiger partial charge in [0, 0.05) is 18.0 Å². The van der Waals surface area contributed by atoms with Crippen LogP contribution in [0.2, 0.25) is 0 Å². The van der Waals surface area contributed by atoms with Crippen LogP contribution in [-0.4, -0.2) is 24.5 Å². The number of piperidine rings is 1. The molecular weight excluding hydrogens is 248 g/mol. The monoisotopic (exact) mass is 274 g/mol. The van der Waals surface area contributed by atoms with Crippen LogP contribution in [0.4, 0.5) is 0 Å². The van der Waals surface area contributed by atoms with E-state index in [1.165, 1.54) is 11.1 Å². The van der Waals surface area contributed by atoms with Crippen LogP contribution in [0.1, 0.15) is 37.8 Å². The summed E-state index contributed by atoms with van der Waals surface area (Å²) < 4.78 is 0. The molecule has 20 heavy (non-hydrogen) atoms. The van der Waals surface area contributed by atoms with Crippen molar-refractivity contribution >= 4 is 5.91 Å².